The highest BCUT2D eigenvalue weighted by molar-refractivity contribution is 7.89. The molecule has 4 fully saturated rings. The van der Waals surface area contributed by atoms with Gasteiger partial charge in [-0.3, -0.25) is 0 Å². The van der Waals surface area contributed by atoms with E-state index < -0.39 is 21.5 Å². The lowest BCUT2D eigenvalue weighted by atomic mass is 9.70. The average Bonchev–Trinajstić information content (AvgIpc) is 2.97. The van der Waals surface area contributed by atoms with E-state index in [0.29, 0.717) is 5.92 Å². The first kappa shape index (κ1) is 20.2. The number of fused-ring (bicyclic) bond motifs is 2. The Bertz CT molecular complexity index is 616. The van der Waals surface area contributed by atoms with E-state index in [2.05, 4.69) is 13.8 Å². The normalized spacial score (nSPS) is 37.9. The number of hydrogen-bond donors (Lipinski definition) is 1. The predicted octanol–water partition coefficient (Wildman–Crippen LogP) is 4.47. The lowest BCUT2D eigenvalue weighted by Crippen LogP contribution is -2.54. The highest BCUT2D eigenvalue weighted by Crippen LogP contribution is 2.66. The minimum Gasteiger partial charge on any atom is -0.392 e. The van der Waals surface area contributed by atoms with Crippen molar-refractivity contribution in [2.45, 2.75) is 116 Å². The third kappa shape index (κ3) is 3.30. The van der Waals surface area contributed by atoms with Crippen LogP contribution in [0.4, 0.5) is 0 Å². The minimum atomic E-state index is -3.38. The number of sulfonamides is 1. The summed E-state index contributed by atoms with van der Waals surface area (Å²) in [5.41, 5.74) is -0.525. The van der Waals surface area contributed by atoms with Gasteiger partial charge in [0.25, 0.3) is 0 Å². The number of aliphatic hydroxyl groups is 1. The molecule has 0 aromatic heterocycles. The first-order chi connectivity index (χ1) is 12.8. The van der Waals surface area contributed by atoms with Crippen LogP contribution in [-0.4, -0.2) is 41.8 Å². The van der Waals surface area contributed by atoms with Crippen molar-refractivity contribution in [3.05, 3.63) is 0 Å². The molecule has 4 saturated carbocycles. The highest BCUT2D eigenvalue weighted by atomic mass is 32.2. The lowest BCUT2D eigenvalue weighted by molar-refractivity contribution is 0.0136. The van der Waals surface area contributed by atoms with Crippen LogP contribution >= 0.6 is 0 Å². The van der Waals surface area contributed by atoms with Crippen molar-refractivity contribution in [3.8, 4) is 0 Å². The molecule has 4 aliphatic rings. The molecule has 0 heterocycles. The monoisotopic (exact) mass is 397 g/mol. The van der Waals surface area contributed by atoms with Crippen LogP contribution in [-0.2, 0) is 10.0 Å². The quantitative estimate of drug-likeness (QED) is 0.744. The molecule has 0 spiro atoms. The first-order valence-electron chi connectivity index (χ1n) is 11.5. The molecule has 156 valence electrons. The molecule has 0 aliphatic heterocycles. The van der Waals surface area contributed by atoms with Crippen LogP contribution < -0.4 is 0 Å². The zero-order valence-corrected chi connectivity index (χ0v) is 18.1. The van der Waals surface area contributed by atoms with Gasteiger partial charge in [-0.25, -0.2) is 8.42 Å². The van der Waals surface area contributed by atoms with Gasteiger partial charge in [0, 0.05) is 17.5 Å². The second kappa shape index (κ2) is 7.28. The van der Waals surface area contributed by atoms with Crippen LogP contribution in [0.1, 0.15) is 97.3 Å². The Hall–Kier alpha value is -0.130. The smallest absolute Gasteiger partial charge is 0.215 e. The Morgan fingerprint density at radius 2 is 1.41 bits per heavy atom. The SMILES string of the molecule is CC1(C)C2CCC1(CS(=O)(=O)N(C1CCCCC1)C1CCCCC1)[C@H](O)C2. The predicted molar refractivity (Wildman–Crippen MR) is 109 cm³/mol. The maximum atomic E-state index is 13.9. The summed E-state index contributed by atoms with van der Waals surface area (Å²) in [4.78, 5) is 0. The van der Waals surface area contributed by atoms with Crippen LogP contribution in [0.3, 0.4) is 0 Å². The second-order valence-electron chi connectivity index (χ2n) is 10.5. The summed E-state index contributed by atoms with van der Waals surface area (Å²) in [5.74, 6) is 0.637. The maximum absolute atomic E-state index is 13.9. The number of aliphatic hydroxyl groups excluding tert-OH is 1. The summed E-state index contributed by atoms with van der Waals surface area (Å²) >= 11 is 0. The Labute approximate surface area is 166 Å². The van der Waals surface area contributed by atoms with Gasteiger partial charge in [-0.2, -0.15) is 4.31 Å². The van der Waals surface area contributed by atoms with Gasteiger partial charge in [0.2, 0.25) is 10.0 Å². The number of nitrogens with zero attached hydrogens (tertiary/aromatic N) is 1. The Morgan fingerprint density at radius 3 is 1.81 bits per heavy atom. The molecule has 0 aromatic rings. The van der Waals surface area contributed by atoms with Crippen LogP contribution in [0.5, 0.6) is 0 Å². The fourth-order valence-electron chi connectivity index (χ4n) is 7.20. The molecule has 4 aliphatic carbocycles. The molecular formula is C22H39NO3S. The van der Waals surface area contributed by atoms with E-state index >= 15 is 0 Å². The molecule has 4 nitrogen and oxygen atoms in total. The first-order valence-corrected chi connectivity index (χ1v) is 13.1. The van der Waals surface area contributed by atoms with Gasteiger partial charge >= 0.3 is 0 Å². The number of rotatable bonds is 5. The van der Waals surface area contributed by atoms with Gasteiger partial charge < -0.3 is 5.11 Å². The van der Waals surface area contributed by atoms with E-state index in [1.165, 1.54) is 12.8 Å². The molecule has 27 heavy (non-hydrogen) atoms. The van der Waals surface area contributed by atoms with Crippen molar-refractivity contribution in [3.63, 3.8) is 0 Å². The Morgan fingerprint density at radius 1 is 0.889 bits per heavy atom. The fourth-order valence-corrected chi connectivity index (χ4v) is 10.0. The summed E-state index contributed by atoms with van der Waals surface area (Å²) in [5, 5.41) is 10.9. The van der Waals surface area contributed by atoms with Gasteiger partial charge in [0.1, 0.15) is 0 Å². The van der Waals surface area contributed by atoms with Gasteiger partial charge in [0.15, 0.2) is 0 Å². The summed E-state index contributed by atoms with van der Waals surface area (Å²) in [7, 11) is -3.38. The van der Waals surface area contributed by atoms with Gasteiger partial charge in [-0.1, -0.05) is 52.4 Å². The van der Waals surface area contributed by atoms with Gasteiger partial charge in [-0.05, 0) is 56.3 Å². The molecule has 0 amide bonds. The van der Waals surface area contributed by atoms with Gasteiger partial charge in [-0.15, -0.1) is 0 Å². The standard InChI is InChI=1S/C22H39NO3S/c1-21(2)17-13-14-22(21,20(24)15-17)16-27(25,26)23(18-9-5-3-6-10-18)19-11-7-4-8-12-19/h17-20,24H,3-16H2,1-2H3/t17?,20-,22?/m1/s1. The van der Waals surface area contributed by atoms with Gasteiger partial charge in [0.05, 0.1) is 11.9 Å². The van der Waals surface area contributed by atoms with E-state index in [0.717, 1.165) is 70.6 Å². The molecular weight excluding hydrogens is 358 g/mol. The van der Waals surface area contributed by atoms with E-state index in [4.69, 9.17) is 0 Å². The van der Waals surface area contributed by atoms with Crippen molar-refractivity contribution in [2.75, 3.05) is 5.75 Å². The van der Waals surface area contributed by atoms with Crippen LogP contribution in [0.2, 0.25) is 0 Å². The number of hydrogen-bond acceptors (Lipinski definition) is 3. The molecule has 0 radical (unpaired) electrons. The zero-order valence-electron chi connectivity index (χ0n) is 17.3. The summed E-state index contributed by atoms with van der Waals surface area (Å²) in [6.07, 6.45) is 13.5. The Balaban J connectivity index is 1.64. The fraction of sp³-hybridized carbons (Fsp3) is 1.00. The van der Waals surface area contributed by atoms with Crippen molar-refractivity contribution in [2.24, 2.45) is 16.7 Å². The Kier molecular flexibility index (Phi) is 5.44. The minimum absolute atomic E-state index is 0.0791. The molecule has 4 rings (SSSR count). The van der Waals surface area contributed by atoms with Crippen molar-refractivity contribution in [1.29, 1.82) is 0 Å². The van der Waals surface area contributed by atoms with E-state index in [1.54, 1.807) is 0 Å². The lowest BCUT2D eigenvalue weighted by Gasteiger charge is -2.45. The topological polar surface area (TPSA) is 57.6 Å². The molecule has 0 aromatic carbocycles. The third-order valence-corrected chi connectivity index (χ3v) is 11.1. The average molecular weight is 398 g/mol. The third-order valence-electron chi connectivity index (χ3n) is 9.02. The van der Waals surface area contributed by atoms with Crippen LogP contribution in [0.25, 0.3) is 0 Å². The van der Waals surface area contributed by atoms with E-state index in [-0.39, 0.29) is 23.3 Å². The summed E-state index contributed by atoms with van der Waals surface area (Å²) in [6.45, 7) is 4.42. The van der Waals surface area contributed by atoms with Crippen molar-refractivity contribution in [1.82, 2.24) is 4.31 Å². The highest BCUT2D eigenvalue weighted by Gasteiger charge is 2.65. The van der Waals surface area contributed by atoms with Crippen LogP contribution in [0.15, 0.2) is 0 Å². The maximum Gasteiger partial charge on any atom is 0.215 e. The largest absolute Gasteiger partial charge is 0.392 e. The van der Waals surface area contributed by atoms with E-state index in [9.17, 15) is 13.5 Å². The summed E-state index contributed by atoms with van der Waals surface area (Å²) < 4.78 is 29.8. The molecule has 0 saturated heterocycles. The molecule has 5 heteroatoms. The van der Waals surface area contributed by atoms with Crippen molar-refractivity contribution < 1.29 is 13.5 Å². The molecule has 3 atom stereocenters. The zero-order chi connectivity index (χ0) is 19.3. The van der Waals surface area contributed by atoms with E-state index in [1.807, 2.05) is 4.31 Å². The summed E-state index contributed by atoms with van der Waals surface area (Å²) in [6, 6.07) is 0.393. The molecule has 2 unspecified atom stereocenters. The second-order valence-corrected chi connectivity index (χ2v) is 12.4. The molecule has 2 bridgehead atoms. The molecule has 1 N–H and O–H groups in total. The van der Waals surface area contributed by atoms with Crippen molar-refractivity contribution >= 4 is 10.0 Å². The van der Waals surface area contributed by atoms with Crippen LogP contribution in [0, 0.1) is 16.7 Å².